The number of nitrogens with zero attached hydrogens (tertiary/aromatic N) is 1. The highest BCUT2D eigenvalue weighted by Gasteiger charge is 2.45. The number of rotatable bonds is 5. The molecule has 0 aliphatic carbocycles. The van der Waals surface area contributed by atoms with Gasteiger partial charge in [-0.3, -0.25) is 24.6 Å². The molecule has 30 heavy (non-hydrogen) atoms. The van der Waals surface area contributed by atoms with E-state index in [-0.39, 0.29) is 36.1 Å². The number of hydrogen-bond acceptors (Lipinski definition) is 6. The summed E-state index contributed by atoms with van der Waals surface area (Å²) in [6.07, 6.45) is -3.94. The number of piperidine rings is 1. The van der Waals surface area contributed by atoms with Gasteiger partial charge in [-0.1, -0.05) is 11.6 Å². The average Bonchev–Trinajstić information content (AvgIpc) is 2.63. The van der Waals surface area contributed by atoms with Crippen LogP contribution in [0.2, 0.25) is 5.02 Å². The molecule has 0 aromatic heterocycles. The molecule has 2 atom stereocenters. The number of imide groups is 1. The zero-order valence-corrected chi connectivity index (χ0v) is 16.6. The second-order valence-electron chi connectivity index (χ2n) is 7.16. The van der Waals surface area contributed by atoms with Crippen LogP contribution < -0.4 is 21.3 Å². The fourth-order valence-electron chi connectivity index (χ4n) is 3.42. The SMILES string of the molecule is O=C1CCC(Nc2cc(Cl)cc(NC(=O)CN3CCNCC3C(F)(F)F)c2)C(=O)N1. The third-order valence-corrected chi connectivity index (χ3v) is 5.06. The van der Waals surface area contributed by atoms with Gasteiger partial charge in [-0.05, 0) is 24.6 Å². The van der Waals surface area contributed by atoms with Gasteiger partial charge in [0.25, 0.3) is 0 Å². The molecule has 2 heterocycles. The molecule has 2 unspecified atom stereocenters. The second kappa shape index (κ2) is 9.19. The molecule has 2 aliphatic rings. The van der Waals surface area contributed by atoms with E-state index in [1.807, 2.05) is 0 Å². The van der Waals surface area contributed by atoms with E-state index in [9.17, 15) is 27.6 Å². The van der Waals surface area contributed by atoms with E-state index < -0.39 is 36.6 Å². The molecular weight excluding hydrogens is 427 g/mol. The van der Waals surface area contributed by atoms with Gasteiger partial charge in [0.15, 0.2) is 0 Å². The molecule has 3 rings (SSSR count). The van der Waals surface area contributed by atoms with E-state index in [0.717, 1.165) is 4.90 Å². The van der Waals surface area contributed by atoms with Crippen LogP contribution >= 0.6 is 11.6 Å². The Balaban J connectivity index is 1.64. The Kier molecular flexibility index (Phi) is 6.84. The van der Waals surface area contributed by atoms with Gasteiger partial charge >= 0.3 is 6.18 Å². The number of hydrogen-bond donors (Lipinski definition) is 4. The highest BCUT2D eigenvalue weighted by molar-refractivity contribution is 6.31. The molecule has 2 fully saturated rings. The number of carbonyl (C=O) groups is 3. The molecular formula is C18H21ClF3N5O3. The lowest BCUT2D eigenvalue weighted by atomic mass is 10.1. The molecule has 0 bridgehead atoms. The van der Waals surface area contributed by atoms with Gasteiger partial charge in [-0.25, -0.2) is 0 Å². The number of halogens is 4. The number of benzene rings is 1. The van der Waals surface area contributed by atoms with E-state index in [1.165, 1.54) is 18.2 Å². The topological polar surface area (TPSA) is 103 Å². The van der Waals surface area contributed by atoms with Crippen molar-refractivity contribution in [1.29, 1.82) is 0 Å². The van der Waals surface area contributed by atoms with Crippen LogP contribution in [0, 0.1) is 0 Å². The van der Waals surface area contributed by atoms with Gasteiger partial charge in [0.1, 0.15) is 12.1 Å². The minimum absolute atomic E-state index is 0.0927. The first-order valence-corrected chi connectivity index (χ1v) is 9.72. The second-order valence-corrected chi connectivity index (χ2v) is 7.59. The average molecular weight is 448 g/mol. The van der Waals surface area contributed by atoms with Gasteiger partial charge in [0.2, 0.25) is 17.7 Å². The Morgan fingerprint density at radius 1 is 1.23 bits per heavy atom. The summed E-state index contributed by atoms with van der Waals surface area (Å²) in [4.78, 5) is 36.6. The molecule has 4 N–H and O–H groups in total. The van der Waals surface area contributed by atoms with Crippen molar-refractivity contribution in [2.24, 2.45) is 0 Å². The van der Waals surface area contributed by atoms with E-state index >= 15 is 0 Å². The van der Waals surface area contributed by atoms with Crippen LogP contribution in [0.25, 0.3) is 0 Å². The van der Waals surface area contributed by atoms with Crippen LogP contribution in [-0.2, 0) is 14.4 Å². The van der Waals surface area contributed by atoms with Crippen molar-refractivity contribution in [3.8, 4) is 0 Å². The first-order valence-electron chi connectivity index (χ1n) is 9.34. The van der Waals surface area contributed by atoms with Crippen molar-refractivity contribution in [2.45, 2.75) is 31.1 Å². The lowest BCUT2D eigenvalue weighted by Crippen LogP contribution is -2.59. The number of alkyl halides is 3. The maximum Gasteiger partial charge on any atom is 0.405 e. The standard InChI is InChI=1S/C18H21ClF3N5O3/c19-10-5-11(24-13-1-2-15(28)26-17(13)30)7-12(6-10)25-16(29)9-27-4-3-23-8-14(27)18(20,21)22/h5-7,13-14,23-24H,1-4,8-9H2,(H,25,29)(H,26,28,30). The van der Waals surface area contributed by atoms with Gasteiger partial charge in [0, 0.05) is 42.5 Å². The van der Waals surface area contributed by atoms with Crippen LogP contribution in [0.15, 0.2) is 18.2 Å². The number of nitrogens with one attached hydrogen (secondary N) is 4. The van der Waals surface area contributed by atoms with E-state index in [0.29, 0.717) is 18.7 Å². The van der Waals surface area contributed by atoms with Gasteiger partial charge in [-0.2, -0.15) is 13.2 Å². The summed E-state index contributed by atoms with van der Waals surface area (Å²) in [7, 11) is 0. The third kappa shape index (κ3) is 5.83. The first-order chi connectivity index (χ1) is 14.1. The number of amides is 3. The number of piperazine rings is 1. The van der Waals surface area contributed by atoms with Crippen LogP contribution in [0.3, 0.4) is 0 Å². The minimum atomic E-state index is -4.44. The molecule has 1 aromatic carbocycles. The molecule has 0 radical (unpaired) electrons. The summed E-state index contributed by atoms with van der Waals surface area (Å²) in [5.41, 5.74) is 0.712. The van der Waals surface area contributed by atoms with E-state index in [2.05, 4.69) is 21.3 Å². The zero-order chi connectivity index (χ0) is 21.9. The van der Waals surface area contributed by atoms with Crippen molar-refractivity contribution in [2.75, 3.05) is 36.8 Å². The first kappa shape index (κ1) is 22.3. The number of anilines is 2. The van der Waals surface area contributed by atoms with Crippen LogP contribution in [0.5, 0.6) is 0 Å². The van der Waals surface area contributed by atoms with Crippen LogP contribution in [0.1, 0.15) is 12.8 Å². The van der Waals surface area contributed by atoms with Crippen molar-refractivity contribution in [1.82, 2.24) is 15.5 Å². The highest BCUT2D eigenvalue weighted by atomic mass is 35.5. The molecule has 2 saturated heterocycles. The Bertz CT molecular complexity index is 836. The lowest BCUT2D eigenvalue weighted by molar-refractivity contribution is -0.187. The molecule has 12 heteroatoms. The quantitative estimate of drug-likeness (QED) is 0.508. The highest BCUT2D eigenvalue weighted by Crippen LogP contribution is 2.27. The molecule has 1 aromatic rings. The predicted molar refractivity (Wildman–Crippen MR) is 104 cm³/mol. The zero-order valence-electron chi connectivity index (χ0n) is 15.8. The summed E-state index contributed by atoms with van der Waals surface area (Å²) in [6, 6.07) is 2.14. The Labute approximate surface area is 175 Å². The summed E-state index contributed by atoms with van der Waals surface area (Å²) in [5, 5.41) is 10.7. The van der Waals surface area contributed by atoms with Crippen molar-refractivity contribution < 1.29 is 27.6 Å². The van der Waals surface area contributed by atoms with Crippen LogP contribution in [0.4, 0.5) is 24.5 Å². The number of carbonyl (C=O) groups excluding carboxylic acids is 3. The monoisotopic (exact) mass is 447 g/mol. The van der Waals surface area contributed by atoms with Crippen molar-refractivity contribution >= 4 is 40.7 Å². The Hall–Kier alpha value is -2.37. The van der Waals surface area contributed by atoms with Gasteiger partial charge in [-0.15, -0.1) is 0 Å². The summed E-state index contributed by atoms with van der Waals surface area (Å²) >= 11 is 6.07. The van der Waals surface area contributed by atoms with E-state index in [4.69, 9.17) is 11.6 Å². The molecule has 3 amide bonds. The normalized spacial score (nSPS) is 23.1. The van der Waals surface area contributed by atoms with E-state index in [1.54, 1.807) is 0 Å². The molecule has 2 aliphatic heterocycles. The summed E-state index contributed by atoms with van der Waals surface area (Å²) in [5.74, 6) is -1.42. The molecule has 8 nitrogen and oxygen atoms in total. The predicted octanol–water partition coefficient (Wildman–Crippen LogP) is 1.33. The van der Waals surface area contributed by atoms with Gasteiger partial charge < -0.3 is 16.0 Å². The fraction of sp³-hybridized carbons (Fsp3) is 0.500. The van der Waals surface area contributed by atoms with Gasteiger partial charge in [0.05, 0.1) is 6.54 Å². The smallest absolute Gasteiger partial charge is 0.374 e. The third-order valence-electron chi connectivity index (χ3n) is 4.84. The lowest BCUT2D eigenvalue weighted by Gasteiger charge is -2.36. The van der Waals surface area contributed by atoms with Crippen LogP contribution in [-0.4, -0.2) is 67.1 Å². The summed E-state index contributed by atoms with van der Waals surface area (Å²) in [6.45, 7) is -0.241. The minimum Gasteiger partial charge on any atom is -0.374 e. The fourth-order valence-corrected chi connectivity index (χ4v) is 3.66. The summed E-state index contributed by atoms with van der Waals surface area (Å²) < 4.78 is 39.5. The van der Waals surface area contributed by atoms with Crippen molar-refractivity contribution in [3.05, 3.63) is 23.2 Å². The largest absolute Gasteiger partial charge is 0.405 e. The molecule has 0 saturated carbocycles. The maximum atomic E-state index is 13.2. The molecule has 0 spiro atoms. The maximum absolute atomic E-state index is 13.2. The Morgan fingerprint density at radius 2 is 1.97 bits per heavy atom. The molecule has 164 valence electrons. The van der Waals surface area contributed by atoms with Crippen molar-refractivity contribution in [3.63, 3.8) is 0 Å². The Morgan fingerprint density at radius 3 is 2.67 bits per heavy atom.